The van der Waals surface area contributed by atoms with Crippen LogP contribution in [0.2, 0.25) is 0 Å². The first-order valence-corrected chi connectivity index (χ1v) is 15.2. The lowest BCUT2D eigenvalue weighted by Gasteiger charge is -2.21. The topological polar surface area (TPSA) is 0 Å². The summed E-state index contributed by atoms with van der Waals surface area (Å²) >= 11 is 0. The molecule has 0 N–H and O–H groups in total. The number of halogens is 6. The molecule has 0 atom stereocenters. The van der Waals surface area contributed by atoms with E-state index in [2.05, 4.69) is 0 Å². The van der Waals surface area contributed by atoms with E-state index in [1.54, 1.807) is 36.4 Å². The molecule has 230 valence electrons. The molecule has 0 aromatic heterocycles. The largest absolute Gasteiger partial charge is 0.207 e. The van der Waals surface area contributed by atoms with Gasteiger partial charge in [0, 0.05) is 10.8 Å². The molecule has 0 fully saturated rings. The SMILES string of the molecule is Fc1ccc(-c2c3ccccc3c(-c3ccc4c(F)cc5c(-c6cc(F)c(F)c(F)c6)ccc6ccc3c4c65)c3ccc(F)cc23)cc1. The van der Waals surface area contributed by atoms with E-state index in [1.165, 1.54) is 30.3 Å². The normalized spacial score (nSPS) is 12.0. The van der Waals surface area contributed by atoms with Gasteiger partial charge in [-0.1, -0.05) is 78.9 Å². The van der Waals surface area contributed by atoms with Gasteiger partial charge in [0.15, 0.2) is 17.5 Å². The van der Waals surface area contributed by atoms with Crippen LogP contribution in [0.1, 0.15) is 0 Å². The Morgan fingerprint density at radius 3 is 1.69 bits per heavy atom. The third-order valence-electron chi connectivity index (χ3n) is 9.41. The summed E-state index contributed by atoms with van der Waals surface area (Å²) < 4.78 is 87.5. The maximum Gasteiger partial charge on any atom is 0.194 e. The summed E-state index contributed by atoms with van der Waals surface area (Å²) in [7, 11) is 0. The second kappa shape index (κ2) is 10.3. The Morgan fingerprint density at radius 1 is 0.333 bits per heavy atom. The molecule has 48 heavy (non-hydrogen) atoms. The summed E-state index contributed by atoms with van der Waals surface area (Å²) in [4.78, 5) is 0. The van der Waals surface area contributed by atoms with Gasteiger partial charge >= 0.3 is 0 Å². The van der Waals surface area contributed by atoms with Gasteiger partial charge in [0.25, 0.3) is 0 Å². The van der Waals surface area contributed by atoms with Gasteiger partial charge in [0.2, 0.25) is 0 Å². The predicted octanol–water partition coefficient (Wildman–Crippen LogP) is 12.7. The second-order valence-electron chi connectivity index (χ2n) is 12.0. The Balaban J connectivity index is 1.42. The summed E-state index contributed by atoms with van der Waals surface area (Å²) in [6.07, 6.45) is 0. The molecule has 0 aliphatic carbocycles. The summed E-state index contributed by atoms with van der Waals surface area (Å²) in [5.41, 5.74) is 3.52. The molecule has 0 unspecified atom stereocenters. The Bertz CT molecular complexity index is 2760. The monoisotopic (exact) mass is 638 g/mol. The lowest BCUT2D eigenvalue weighted by molar-refractivity contribution is 0.448. The van der Waals surface area contributed by atoms with E-state index in [0.717, 1.165) is 61.3 Å². The maximum atomic E-state index is 16.0. The first-order valence-electron chi connectivity index (χ1n) is 15.2. The van der Waals surface area contributed by atoms with E-state index in [4.69, 9.17) is 0 Å². The van der Waals surface area contributed by atoms with Crippen molar-refractivity contribution in [2.24, 2.45) is 0 Å². The standard InChI is InChI=1S/C42H20F6/c43-24-9-5-21(6-10-24)38-27-3-1-2-4-28(27)40(31-14-11-25(44)19-33(31)38)29-15-16-32-35(45)20-34-26(23-17-36(46)42(48)37(47)18-23)12-7-22-8-13-30(29)41(32)39(22)34/h1-20H. The first-order chi connectivity index (χ1) is 23.3. The fraction of sp³-hybridized carbons (Fsp3) is 0. The Labute approximate surface area is 269 Å². The van der Waals surface area contributed by atoms with Gasteiger partial charge in [-0.25, -0.2) is 26.3 Å². The van der Waals surface area contributed by atoms with Gasteiger partial charge in [-0.15, -0.1) is 0 Å². The van der Waals surface area contributed by atoms with Crippen molar-refractivity contribution in [3.63, 3.8) is 0 Å². The van der Waals surface area contributed by atoms with Crippen LogP contribution in [0.3, 0.4) is 0 Å². The summed E-state index contributed by atoms with van der Waals surface area (Å²) in [5.74, 6) is -5.57. The minimum Gasteiger partial charge on any atom is -0.207 e. The van der Waals surface area contributed by atoms with Gasteiger partial charge < -0.3 is 0 Å². The van der Waals surface area contributed by atoms with Crippen LogP contribution in [0.4, 0.5) is 26.3 Å². The number of rotatable bonds is 3. The summed E-state index contributed by atoms with van der Waals surface area (Å²) in [6.45, 7) is 0. The average Bonchev–Trinajstić information content (AvgIpc) is 3.09. The van der Waals surface area contributed by atoms with Crippen LogP contribution >= 0.6 is 0 Å². The van der Waals surface area contributed by atoms with E-state index in [0.29, 0.717) is 32.5 Å². The van der Waals surface area contributed by atoms with Crippen LogP contribution in [0.25, 0.3) is 87.2 Å². The fourth-order valence-corrected chi connectivity index (χ4v) is 7.39. The molecular weight excluding hydrogens is 618 g/mol. The van der Waals surface area contributed by atoms with Crippen molar-refractivity contribution in [3.05, 3.63) is 156 Å². The summed E-state index contributed by atoms with van der Waals surface area (Å²) in [6, 6.07) is 32.5. The van der Waals surface area contributed by atoms with Gasteiger partial charge in [-0.3, -0.25) is 0 Å². The zero-order valence-electron chi connectivity index (χ0n) is 24.8. The zero-order valence-corrected chi connectivity index (χ0v) is 24.8. The van der Waals surface area contributed by atoms with Gasteiger partial charge in [-0.2, -0.15) is 0 Å². The molecule has 9 aromatic carbocycles. The molecule has 0 aliphatic heterocycles. The van der Waals surface area contributed by atoms with Crippen LogP contribution in [0.15, 0.2) is 121 Å². The molecule has 0 saturated carbocycles. The molecule has 0 bridgehead atoms. The van der Waals surface area contributed by atoms with E-state index in [9.17, 15) is 22.0 Å². The zero-order chi connectivity index (χ0) is 32.8. The molecule has 0 heterocycles. The van der Waals surface area contributed by atoms with Crippen LogP contribution in [0.5, 0.6) is 0 Å². The molecular formula is C42H20F6. The van der Waals surface area contributed by atoms with Crippen LogP contribution in [0, 0.1) is 34.9 Å². The van der Waals surface area contributed by atoms with Crippen molar-refractivity contribution in [1.82, 2.24) is 0 Å². The van der Waals surface area contributed by atoms with Gasteiger partial charge in [0.05, 0.1) is 0 Å². The fourth-order valence-electron chi connectivity index (χ4n) is 7.39. The Morgan fingerprint density at radius 2 is 0.938 bits per heavy atom. The van der Waals surface area contributed by atoms with E-state index in [1.807, 2.05) is 42.5 Å². The smallest absolute Gasteiger partial charge is 0.194 e. The highest BCUT2D eigenvalue weighted by Gasteiger charge is 2.22. The van der Waals surface area contributed by atoms with Gasteiger partial charge in [-0.05, 0) is 119 Å². The summed E-state index contributed by atoms with van der Waals surface area (Å²) in [5, 5.41) is 6.69. The van der Waals surface area contributed by atoms with Crippen molar-refractivity contribution in [2.45, 2.75) is 0 Å². The molecule has 6 heteroatoms. The quantitative estimate of drug-likeness (QED) is 0.0782. The van der Waals surface area contributed by atoms with Crippen LogP contribution < -0.4 is 0 Å². The molecule has 0 amide bonds. The van der Waals surface area contributed by atoms with Crippen molar-refractivity contribution in [2.75, 3.05) is 0 Å². The molecule has 9 aromatic rings. The van der Waals surface area contributed by atoms with Crippen LogP contribution in [-0.4, -0.2) is 0 Å². The molecule has 9 rings (SSSR count). The highest BCUT2D eigenvalue weighted by Crippen LogP contribution is 2.48. The molecule has 0 aliphatic rings. The lowest BCUT2D eigenvalue weighted by atomic mass is 9.82. The number of benzene rings is 9. The molecule has 0 radical (unpaired) electrons. The van der Waals surface area contributed by atoms with Crippen molar-refractivity contribution < 1.29 is 26.3 Å². The second-order valence-corrected chi connectivity index (χ2v) is 12.0. The number of hydrogen-bond acceptors (Lipinski definition) is 0. The third-order valence-corrected chi connectivity index (χ3v) is 9.41. The number of hydrogen-bond donors (Lipinski definition) is 0. The predicted molar refractivity (Wildman–Crippen MR) is 181 cm³/mol. The van der Waals surface area contributed by atoms with Crippen molar-refractivity contribution in [3.8, 4) is 33.4 Å². The number of fused-ring (bicyclic) bond motifs is 2. The average molecular weight is 639 g/mol. The van der Waals surface area contributed by atoms with Gasteiger partial charge in [0.1, 0.15) is 17.5 Å². The minimum absolute atomic E-state index is 0.0827. The highest BCUT2D eigenvalue weighted by molar-refractivity contribution is 6.30. The minimum atomic E-state index is -1.57. The highest BCUT2D eigenvalue weighted by atomic mass is 19.2. The Hall–Kier alpha value is -5.88. The van der Waals surface area contributed by atoms with Crippen molar-refractivity contribution in [1.29, 1.82) is 0 Å². The van der Waals surface area contributed by atoms with Crippen LogP contribution in [-0.2, 0) is 0 Å². The van der Waals surface area contributed by atoms with Crippen molar-refractivity contribution >= 4 is 53.9 Å². The molecule has 0 nitrogen and oxygen atoms in total. The molecule has 0 saturated heterocycles. The Kier molecular flexibility index (Phi) is 6.09. The van der Waals surface area contributed by atoms with E-state index < -0.39 is 29.1 Å². The van der Waals surface area contributed by atoms with E-state index >= 15 is 4.39 Å². The lowest BCUT2D eigenvalue weighted by Crippen LogP contribution is -1.96. The molecule has 0 spiro atoms. The van der Waals surface area contributed by atoms with E-state index in [-0.39, 0.29) is 11.4 Å². The maximum absolute atomic E-state index is 16.0. The third kappa shape index (κ3) is 4.05. The first kappa shape index (κ1) is 28.4.